The summed E-state index contributed by atoms with van der Waals surface area (Å²) in [6.07, 6.45) is 3.86. The minimum atomic E-state index is -0.431. The van der Waals surface area contributed by atoms with E-state index >= 15 is 0 Å². The third-order valence-corrected chi connectivity index (χ3v) is 4.77. The molecule has 0 aliphatic heterocycles. The van der Waals surface area contributed by atoms with Gasteiger partial charge in [-0.2, -0.15) is 0 Å². The minimum Gasteiger partial charge on any atom is -0.319 e. The van der Waals surface area contributed by atoms with Gasteiger partial charge in [0.05, 0.1) is 16.8 Å². The molecule has 0 bridgehead atoms. The molecule has 0 saturated carbocycles. The zero-order valence-electron chi connectivity index (χ0n) is 14.1. The van der Waals surface area contributed by atoms with Crippen molar-refractivity contribution in [2.75, 3.05) is 5.32 Å². The van der Waals surface area contributed by atoms with Crippen LogP contribution < -0.4 is 5.32 Å². The van der Waals surface area contributed by atoms with Crippen molar-refractivity contribution in [2.24, 2.45) is 0 Å². The first-order valence-electron chi connectivity index (χ1n) is 8.61. The Bertz CT molecular complexity index is 981. The molecule has 0 radical (unpaired) electrons. The summed E-state index contributed by atoms with van der Waals surface area (Å²) in [5, 5.41) is 3.59. The lowest BCUT2D eigenvalue weighted by atomic mass is 9.89. The molecule has 0 fully saturated rings. The molecule has 2 aromatic carbocycles. The first kappa shape index (κ1) is 15.8. The van der Waals surface area contributed by atoms with E-state index in [1.807, 2.05) is 25.1 Å². The standard InChI is InChI=1S/C21H19FN2O/c1-13-10-11-18-15(12-13)20(14-6-2-4-8-17(14)23-18)21(25)24-19-9-5-3-7-16(19)22/h3,5,7,9-12H,2,4,6,8H2,1H3,(H,24,25). The summed E-state index contributed by atoms with van der Waals surface area (Å²) in [5.74, 6) is -0.694. The molecule has 0 atom stereocenters. The Morgan fingerprint density at radius 3 is 2.76 bits per heavy atom. The van der Waals surface area contributed by atoms with Gasteiger partial charge in [0.2, 0.25) is 0 Å². The number of nitrogens with zero attached hydrogens (tertiary/aromatic N) is 1. The lowest BCUT2D eigenvalue weighted by molar-refractivity contribution is 0.102. The third-order valence-electron chi connectivity index (χ3n) is 4.77. The number of amides is 1. The van der Waals surface area contributed by atoms with E-state index in [0.29, 0.717) is 5.56 Å². The summed E-state index contributed by atoms with van der Waals surface area (Å²) in [6.45, 7) is 2.00. The van der Waals surface area contributed by atoms with Crippen LogP contribution in [0.4, 0.5) is 10.1 Å². The van der Waals surface area contributed by atoms with E-state index < -0.39 is 5.82 Å². The van der Waals surface area contributed by atoms with Gasteiger partial charge >= 0.3 is 0 Å². The molecule has 1 aromatic heterocycles. The Morgan fingerprint density at radius 2 is 1.92 bits per heavy atom. The molecule has 3 aromatic rings. The summed E-state index contributed by atoms with van der Waals surface area (Å²) in [7, 11) is 0. The van der Waals surface area contributed by atoms with E-state index in [-0.39, 0.29) is 11.6 Å². The summed E-state index contributed by atoms with van der Waals surface area (Å²) < 4.78 is 14.0. The Kier molecular flexibility index (Phi) is 3.96. The van der Waals surface area contributed by atoms with E-state index in [1.54, 1.807) is 18.2 Å². The van der Waals surface area contributed by atoms with Crippen LogP contribution in [0.3, 0.4) is 0 Å². The maximum absolute atomic E-state index is 14.0. The highest BCUT2D eigenvalue weighted by Gasteiger charge is 2.23. The number of nitrogens with one attached hydrogen (secondary N) is 1. The van der Waals surface area contributed by atoms with Crippen LogP contribution in [0.2, 0.25) is 0 Å². The average Bonchev–Trinajstić information content (AvgIpc) is 2.61. The van der Waals surface area contributed by atoms with Crippen LogP contribution in [0.15, 0.2) is 42.5 Å². The van der Waals surface area contributed by atoms with Gasteiger partial charge in [0.15, 0.2) is 0 Å². The Balaban J connectivity index is 1.88. The van der Waals surface area contributed by atoms with E-state index in [9.17, 15) is 9.18 Å². The number of para-hydroxylation sites is 1. The number of hydrogen-bond acceptors (Lipinski definition) is 2. The quantitative estimate of drug-likeness (QED) is 0.730. The lowest BCUT2D eigenvalue weighted by Crippen LogP contribution is -2.19. The Labute approximate surface area is 145 Å². The van der Waals surface area contributed by atoms with Gasteiger partial charge in [0.25, 0.3) is 5.91 Å². The molecule has 1 heterocycles. The number of carbonyl (C=O) groups excluding carboxylic acids is 1. The van der Waals surface area contributed by atoms with Crippen LogP contribution in [0, 0.1) is 12.7 Å². The van der Waals surface area contributed by atoms with Gasteiger partial charge in [0.1, 0.15) is 5.82 Å². The molecule has 1 N–H and O–H groups in total. The van der Waals surface area contributed by atoms with Gasteiger partial charge in [-0.3, -0.25) is 9.78 Å². The third kappa shape index (κ3) is 2.88. The molecule has 0 spiro atoms. The summed E-state index contributed by atoms with van der Waals surface area (Å²) in [6, 6.07) is 12.2. The number of hydrogen-bond donors (Lipinski definition) is 1. The van der Waals surface area contributed by atoms with Crippen LogP contribution in [-0.2, 0) is 12.8 Å². The predicted molar refractivity (Wildman–Crippen MR) is 97.5 cm³/mol. The van der Waals surface area contributed by atoms with Gasteiger partial charge in [-0.1, -0.05) is 23.8 Å². The Hall–Kier alpha value is -2.75. The molecule has 4 rings (SSSR count). The number of carbonyl (C=O) groups is 1. The smallest absolute Gasteiger partial charge is 0.256 e. The van der Waals surface area contributed by atoms with Crippen LogP contribution in [0.1, 0.15) is 40.0 Å². The van der Waals surface area contributed by atoms with Gasteiger partial charge in [0, 0.05) is 11.1 Å². The predicted octanol–water partition coefficient (Wildman–Crippen LogP) is 4.81. The average molecular weight is 334 g/mol. The molecule has 1 aliphatic carbocycles. The van der Waals surface area contributed by atoms with Gasteiger partial charge in [-0.05, 0) is 62.4 Å². The molecular weight excluding hydrogens is 315 g/mol. The summed E-state index contributed by atoms with van der Waals surface area (Å²) in [5.41, 5.74) is 4.76. The first-order valence-corrected chi connectivity index (χ1v) is 8.61. The summed E-state index contributed by atoms with van der Waals surface area (Å²) in [4.78, 5) is 17.8. The molecule has 3 nitrogen and oxygen atoms in total. The number of anilines is 1. The minimum absolute atomic E-state index is 0.203. The van der Waals surface area contributed by atoms with Crippen molar-refractivity contribution < 1.29 is 9.18 Å². The van der Waals surface area contributed by atoms with Crippen LogP contribution in [0.25, 0.3) is 10.9 Å². The molecule has 25 heavy (non-hydrogen) atoms. The van der Waals surface area contributed by atoms with E-state index in [1.165, 1.54) is 6.07 Å². The lowest BCUT2D eigenvalue weighted by Gasteiger charge is -2.20. The number of halogens is 1. The van der Waals surface area contributed by atoms with E-state index in [0.717, 1.165) is 53.4 Å². The Morgan fingerprint density at radius 1 is 1.12 bits per heavy atom. The highest BCUT2D eigenvalue weighted by Crippen LogP contribution is 2.30. The largest absolute Gasteiger partial charge is 0.319 e. The van der Waals surface area contributed by atoms with E-state index in [4.69, 9.17) is 4.98 Å². The second-order valence-corrected chi connectivity index (χ2v) is 6.57. The van der Waals surface area contributed by atoms with Crippen molar-refractivity contribution in [3.63, 3.8) is 0 Å². The normalized spacial score (nSPS) is 13.5. The fraction of sp³-hybridized carbons (Fsp3) is 0.238. The molecule has 4 heteroatoms. The number of aryl methyl sites for hydroxylation is 2. The molecular formula is C21H19FN2O. The topological polar surface area (TPSA) is 42.0 Å². The molecule has 1 aliphatic rings. The van der Waals surface area contributed by atoms with Crippen molar-refractivity contribution in [1.29, 1.82) is 0 Å². The maximum Gasteiger partial charge on any atom is 0.256 e. The van der Waals surface area contributed by atoms with Gasteiger partial charge in [-0.25, -0.2) is 4.39 Å². The van der Waals surface area contributed by atoms with Crippen LogP contribution in [-0.4, -0.2) is 10.9 Å². The number of fused-ring (bicyclic) bond motifs is 2. The van der Waals surface area contributed by atoms with Crippen molar-refractivity contribution >= 4 is 22.5 Å². The van der Waals surface area contributed by atoms with Gasteiger partial charge in [-0.15, -0.1) is 0 Å². The number of benzene rings is 2. The number of rotatable bonds is 2. The highest BCUT2D eigenvalue weighted by molar-refractivity contribution is 6.13. The number of aromatic nitrogens is 1. The zero-order valence-corrected chi connectivity index (χ0v) is 14.1. The highest BCUT2D eigenvalue weighted by atomic mass is 19.1. The molecule has 126 valence electrons. The van der Waals surface area contributed by atoms with Crippen molar-refractivity contribution in [3.05, 3.63) is 70.7 Å². The van der Waals surface area contributed by atoms with Crippen LogP contribution >= 0.6 is 0 Å². The second-order valence-electron chi connectivity index (χ2n) is 6.57. The molecule has 0 saturated heterocycles. The van der Waals surface area contributed by atoms with E-state index in [2.05, 4.69) is 5.32 Å². The van der Waals surface area contributed by atoms with Gasteiger partial charge < -0.3 is 5.32 Å². The number of pyridine rings is 1. The van der Waals surface area contributed by atoms with Crippen LogP contribution in [0.5, 0.6) is 0 Å². The zero-order chi connectivity index (χ0) is 17.4. The molecule has 0 unspecified atom stereocenters. The van der Waals surface area contributed by atoms with Crippen molar-refractivity contribution in [3.8, 4) is 0 Å². The SMILES string of the molecule is Cc1ccc2nc3c(c(C(=O)Nc4ccccc4F)c2c1)CCCC3. The van der Waals surface area contributed by atoms with Crippen molar-refractivity contribution in [1.82, 2.24) is 4.98 Å². The monoisotopic (exact) mass is 334 g/mol. The molecule has 1 amide bonds. The fourth-order valence-electron chi connectivity index (χ4n) is 3.54. The summed E-state index contributed by atoms with van der Waals surface area (Å²) >= 11 is 0. The second kappa shape index (κ2) is 6.28. The first-order chi connectivity index (χ1) is 12.1. The maximum atomic E-state index is 14.0. The fourth-order valence-corrected chi connectivity index (χ4v) is 3.54. The van der Waals surface area contributed by atoms with Crippen molar-refractivity contribution in [2.45, 2.75) is 32.6 Å².